The number of aromatic nitrogens is 1. The van der Waals surface area contributed by atoms with Crippen molar-refractivity contribution in [1.29, 1.82) is 0 Å². The number of hydrogen-bond donors (Lipinski definition) is 1. The first-order valence-corrected chi connectivity index (χ1v) is 21.3. The number of esters is 1. The summed E-state index contributed by atoms with van der Waals surface area (Å²) in [6, 6.07) is 8.38. The largest absolute Gasteiger partial charge is 0.481 e. The summed E-state index contributed by atoms with van der Waals surface area (Å²) in [6.07, 6.45) is 7.19. The van der Waals surface area contributed by atoms with Crippen LogP contribution >= 0.6 is 0 Å². The van der Waals surface area contributed by atoms with E-state index in [9.17, 15) is 22.8 Å². The number of pyridine rings is 1. The molecule has 0 unspecified atom stereocenters. The van der Waals surface area contributed by atoms with Gasteiger partial charge < -0.3 is 19.1 Å². The number of sulfonamides is 1. The number of allylic oxidation sites excluding steroid dienone is 2. The number of carbonyl (C=O) groups is 4. The SMILES string of the molecule is CC[C@@H]1C[C@H](C)CC/C=C\[C@@H]2C[C@@]2(C(=O)NS(=O)(=O)C2(C)CC2)CC(=O)[C@@H]2C[C@@H](Oc3nc(OC)cc4ccccc34)CN2C(=O)[C@H]1CC(=O)OC(C)(C)C. The van der Waals surface area contributed by atoms with E-state index in [4.69, 9.17) is 14.2 Å². The van der Waals surface area contributed by atoms with Gasteiger partial charge in [-0.25, -0.2) is 8.42 Å². The van der Waals surface area contributed by atoms with Crippen molar-refractivity contribution < 1.29 is 41.8 Å². The number of Topliss-reactive ketones (excluding diaryl/α,β-unsaturated/α-hetero) is 1. The topological polar surface area (TPSA) is 158 Å². The van der Waals surface area contributed by atoms with Gasteiger partial charge in [0.05, 0.1) is 42.2 Å². The molecule has 55 heavy (non-hydrogen) atoms. The second-order valence-corrected chi connectivity index (χ2v) is 19.8. The average molecular weight is 780 g/mol. The van der Waals surface area contributed by atoms with E-state index in [-0.39, 0.29) is 55.3 Å². The Kier molecular flexibility index (Phi) is 11.5. The van der Waals surface area contributed by atoms with Crippen molar-refractivity contribution in [3.8, 4) is 11.8 Å². The highest BCUT2D eigenvalue weighted by Crippen LogP contribution is 2.58. The monoisotopic (exact) mass is 779 g/mol. The zero-order valence-electron chi connectivity index (χ0n) is 33.3. The molecule has 0 radical (unpaired) electrons. The number of fused-ring (bicyclic) bond motifs is 3. The minimum Gasteiger partial charge on any atom is -0.481 e. The minimum atomic E-state index is -3.95. The van der Waals surface area contributed by atoms with Crippen LogP contribution in [0.25, 0.3) is 10.8 Å². The number of nitrogens with one attached hydrogen (secondary N) is 1. The van der Waals surface area contributed by atoms with Gasteiger partial charge >= 0.3 is 5.97 Å². The number of benzene rings is 1. The van der Waals surface area contributed by atoms with Gasteiger partial charge in [-0.1, -0.05) is 50.6 Å². The van der Waals surface area contributed by atoms with Crippen molar-refractivity contribution in [2.75, 3.05) is 13.7 Å². The van der Waals surface area contributed by atoms with Gasteiger partial charge in [0.2, 0.25) is 33.6 Å². The summed E-state index contributed by atoms with van der Waals surface area (Å²) in [5, 5.41) is 1.58. The lowest BCUT2D eigenvalue weighted by Gasteiger charge is -2.33. The molecule has 1 N–H and O–H groups in total. The number of ketones is 1. The summed E-state index contributed by atoms with van der Waals surface area (Å²) >= 11 is 0. The maximum absolute atomic E-state index is 15.0. The summed E-state index contributed by atoms with van der Waals surface area (Å²) in [4.78, 5) is 63.3. The molecule has 0 spiro atoms. The first kappa shape index (κ1) is 40.7. The zero-order valence-corrected chi connectivity index (χ0v) is 34.1. The third-order valence-electron chi connectivity index (χ3n) is 12.1. The van der Waals surface area contributed by atoms with E-state index >= 15 is 4.79 Å². The van der Waals surface area contributed by atoms with Crippen LogP contribution in [0.2, 0.25) is 0 Å². The number of nitrogens with zero attached hydrogens (tertiary/aromatic N) is 2. The molecule has 3 fully saturated rings. The van der Waals surface area contributed by atoms with Gasteiger partial charge in [-0.15, -0.1) is 0 Å². The number of hydrogen-bond acceptors (Lipinski definition) is 10. The number of amides is 2. The van der Waals surface area contributed by atoms with Crippen LogP contribution in [0.4, 0.5) is 0 Å². The van der Waals surface area contributed by atoms with Gasteiger partial charge in [0.25, 0.3) is 0 Å². The molecule has 2 amide bonds. The quantitative estimate of drug-likeness (QED) is 0.226. The highest BCUT2D eigenvalue weighted by Gasteiger charge is 2.62. The molecule has 1 aromatic heterocycles. The van der Waals surface area contributed by atoms with E-state index in [0.29, 0.717) is 43.9 Å². The van der Waals surface area contributed by atoms with Crippen LogP contribution in [0.5, 0.6) is 11.8 Å². The Bertz CT molecular complexity index is 1950. The van der Waals surface area contributed by atoms with Gasteiger partial charge in [-0.3, -0.25) is 23.9 Å². The Morgan fingerprint density at radius 1 is 1.11 bits per heavy atom. The smallest absolute Gasteiger partial charge is 0.307 e. The molecular formula is C42H57N3O9S. The summed E-state index contributed by atoms with van der Waals surface area (Å²) in [7, 11) is -2.44. The molecule has 1 saturated heterocycles. The lowest BCUT2D eigenvalue weighted by atomic mass is 9.79. The fourth-order valence-electron chi connectivity index (χ4n) is 8.40. The highest BCUT2D eigenvalue weighted by atomic mass is 32.2. The second kappa shape index (κ2) is 15.5. The number of methoxy groups -OCH3 is 1. The maximum atomic E-state index is 15.0. The van der Waals surface area contributed by atoms with Crippen molar-refractivity contribution in [2.24, 2.45) is 29.1 Å². The standard InChI is InChI=1S/C42H57N3O9S/c1-8-27-19-26(2)13-9-11-15-29-23-42(29,39(49)44-55(50,51)41(6)17-18-41)24-34(46)33-21-30(25-45(33)38(48)32(27)22-36(47)54-40(3,4)5)53-37-31-16-12-10-14-28(31)20-35(43-37)52-7/h10-12,14-16,20,26-27,29-30,32-33H,8-9,13,17-19,21-25H2,1-7H3,(H,44,49)/b15-11-/t26-,27-,29-,30-,32+,33+,42-/m1/s1. The first-order chi connectivity index (χ1) is 25.9. The Morgan fingerprint density at radius 3 is 2.51 bits per heavy atom. The molecule has 7 atom stereocenters. The van der Waals surface area contributed by atoms with Crippen LogP contribution in [-0.4, -0.2) is 78.0 Å². The van der Waals surface area contributed by atoms with Gasteiger partial charge in [-0.2, -0.15) is 4.98 Å². The third-order valence-corrected chi connectivity index (χ3v) is 14.3. The van der Waals surface area contributed by atoms with E-state index in [1.165, 1.54) is 12.0 Å². The van der Waals surface area contributed by atoms with Crippen LogP contribution in [-0.2, 0) is 33.9 Å². The number of rotatable bonds is 9. The number of carbonyl (C=O) groups excluding carboxylic acids is 4. The lowest BCUT2D eigenvalue weighted by Crippen LogP contribution is -2.48. The van der Waals surface area contributed by atoms with Crippen molar-refractivity contribution in [2.45, 2.75) is 128 Å². The summed E-state index contributed by atoms with van der Waals surface area (Å²) in [5.74, 6) is -2.23. The van der Waals surface area contributed by atoms with Gasteiger partial charge in [-0.05, 0) is 95.4 Å². The van der Waals surface area contributed by atoms with E-state index in [2.05, 4.69) is 16.6 Å². The molecule has 2 aromatic rings. The molecule has 6 rings (SSSR count). The third kappa shape index (κ3) is 8.86. The molecule has 4 aliphatic rings. The molecule has 2 aliphatic carbocycles. The van der Waals surface area contributed by atoms with Gasteiger partial charge in [0.1, 0.15) is 11.7 Å². The van der Waals surface area contributed by atoms with E-state index < -0.39 is 55.7 Å². The first-order valence-electron chi connectivity index (χ1n) is 19.8. The van der Waals surface area contributed by atoms with Crippen LogP contribution in [0.1, 0.15) is 106 Å². The molecule has 2 saturated carbocycles. The summed E-state index contributed by atoms with van der Waals surface area (Å²) in [6.45, 7) is 11.2. The molecule has 3 heterocycles. The molecule has 300 valence electrons. The predicted molar refractivity (Wildman–Crippen MR) is 208 cm³/mol. The second-order valence-electron chi connectivity index (χ2n) is 17.6. The predicted octanol–water partition coefficient (Wildman–Crippen LogP) is 6.31. The van der Waals surface area contributed by atoms with Crippen LogP contribution < -0.4 is 14.2 Å². The normalized spacial score (nSPS) is 30.3. The fraction of sp³-hybridized carbons (Fsp3) is 0.643. The molecule has 1 aromatic carbocycles. The van der Waals surface area contributed by atoms with E-state index in [1.54, 1.807) is 33.8 Å². The van der Waals surface area contributed by atoms with Crippen LogP contribution in [0.15, 0.2) is 42.5 Å². The van der Waals surface area contributed by atoms with Crippen molar-refractivity contribution >= 4 is 44.4 Å². The Morgan fingerprint density at radius 2 is 1.84 bits per heavy atom. The fourth-order valence-corrected chi connectivity index (χ4v) is 9.73. The van der Waals surface area contributed by atoms with Gasteiger partial charge in [0, 0.05) is 24.3 Å². The van der Waals surface area contributed by atoms with E-state index in [0.717, 1.165) is 23.6 Å². The minimum absolute atomic E-state index is 0.0501. The molecule has 2 aliphatic heterocycles. The molecule has 13 heteroatoms. The Balaban J connectivity index is 1.37. The molecule has 12 nitrogen and oxygen atoms in total. The molecular weight excluding hydrogens is 723 g/mol. The lowest BCUT2D eigenvalue weighted by molar-refractivity contribution is -0.160. The van der Waals surface area contributed by atoms with E-state index in [1.807, 2.05) is 43.3 Å². The average Bonchev–Trinajstić information content (AvgIpc) is 4.00. The van der Waals surface area contributed by atoms with Gasteiger partial charge in [0.15, 0.2) is 5.78 Å². The maximum Gasteiger partial charge on any atom is 0.307 e. The Hall–Kier alpha value is -4.00. The Labute approximate surface area is 325 Å². The highest BCUT2D eigenvalue weighted by molar-refractivity contribution is 7.91. The van der Waals surface area contributed by atoms with Crippen molar-refractivity contribution in [1.82, 2.24) is 14.6 Å². The number of ether oxygens (including phenoxy) is 3. The molecule has 0 bridgehead atoms. The van der Waals surface area contributed by atoms with Crippen molar-refractivity contribution in [3.05, 3.63) is 42.5 Å². The zero-order chi connectivity index (χ0) is 39.9. The van der Waals surface area contributed by atoms with Crippen molar-refractivity contribution in [3.63, 3.8) is 0 Å². The summed E-state index contributed by atoms with van der Waals surface area (Å²) < 4.78 is 45.6. The summed E-state index contributed by atoms with van der Waals surface area (Å²) in [5.41, 5.74) is -2.02. The van der Waals surface area contributed by atoms with Crippen LogP contribution in [0.3, 0.4) is 0 Å². The van der Waals surface area contributed by atoms with Crippen LogP contribution in [0, 0.1) is 29.1 Å².